The third-order valence-electron chi connectivity index (χ3n) is 3.59. The monoisotopic (exact) mass is 272 g/mol. The van der Waals surface area contributed by atoms with Gasteiger partial charge < -0.3 is 19.9 Å². The van der Waals surface area contributed by atoms with Gasteiger partial charge in [0, 0.05) is 25.5 Å². The van der Waals surface area contributed by atoms with Crippen molar-refractivity contribution in [1.82, 2.24) is 9.55 Å². The molecule has 3 rings (SSSR count). The number of hydrogen-bond acceptors (Lipinski definition) is 4. The van der Waals surface area contributed by atoms with Crippen molar-refractivity contribution in [1.29, 1.82) is 0 Å². The molecule has 0 fully saturated rings. The van der Waals surface area contributed by atoms with Crippen molar-refractivity contribution < 1.29 is 4.74 Å². The lowest BCUT2D eigenvalue weighted by Gasteiger charge is -2.30. The summed E-state index contributed by atoms with van der Waals surface area (Å²) in [6, 6.07) is 5.98. The van der Waals surface area contributed by atoms with Crippen LogP contribution in [0.2, 0.25) is 0 Å². The average molecular weight is 272 g/mol. The van der Waals surface area contributed by atoms with E-state index in [1.54, 1.807) is 0 Å². The maximum Gasteiger partial charge on any atom is 0.144 e. The summed E-state index contributed by atoms with van der Waals surface area (Å²) < 4.78 is 7.88. The molecular weight excluding hydrogens is 252 g/mol. The van der Waals surface area contributed by atoms with Crippen LogP contribution in [0.5, 0.6) is 5.75 Å². The largest absolute Gasteiger partial charge is 0.491 e. The average Bonchev–Trinajstić information content (AvgIpc) is 2.93. The predicted molar refractivity (Wildman–Crippen MR) is 79.9 cm³/mol. The van der Waals surface area contributed by atoms with Gasteiger partial charge in [-0.3, -0.25) is 0 Å². The number of ether oxygens (including phenoxy) is 1. The van der Waals surface area contributed by atoms with Crippen LogP contribution in [0.25, 0.3) is 0 Å². The Morgan fingerprint density at radius 1 is 1.35 bits per heavy atom. The Kier molecular flexibility index (Phi) is 3.50. The second kappa shape index (κ2) is 5.45. The standard InChI is InChI=1S/C15H20N4O/c1-2-10-20-13-5-3-4-12(15(13)16)19-9-8-18-7-6-17-14(18)11-19/h3-7H,2,8-11,16H2,1H3. The zero-order valence-electron chi connectivity index (χ0n) is 11.7. The zero-order valence-corrected chi connectivity index (χ0v) is 11.7. The Balaban J connectivity index is 1.84. The molecule has 0 radical (unpaired) electrons. The molecule has 1 aliphatic rings. The molecule has 1 aromatic heterocycles. The minimum Gasteiger partial charge on any atom is -0.491 e. The number of fused-ring (bicyclic) bond motifs is 1. The Morgan fingerprint density at radius 2 is 2.25 bits per heavy atom. The minimum absolute atomic E-state index is 0.693. The fourth-order valence-electron chi connectivity index (χ4n) is 2.53. The first-order valence-electron chi connectivity index (χ1n) is 7.06. The summed E-state index contributed by atoms with van der Waals surface area (Å²) in [6.07, 6.45) is 4.85. The second-order valence-electron chi connectivity index (χ2n) is 5.00. The van der Waals surface area contributed by atoms with Gasteiger partial charge in [0.05, 0.1) is 24.5 Å². The van der Waals surface area contributed by atoms with Crippen molar-refractivity contribution >= 4 is 11.4 Å². The molecule has 0 aliphatic carbocycles. The topological polar surface area (TPSA) is 56.3 Å². The van der Waals surface area contributed by atoms with Crippen molar-refractivity contribution in [3.05, 3.63) is 36.4 Å². The fourth-order valence-corrected chi connectivity index (χ4v) is 2.53. The van der Waals surface area contributed by atoms with Gasteiger partial charge in [0.1, 0.15) is 11.6 Å². The number of para-hydroxylation sites is 1. The van der Waals surface area contributed by atoms with E-state index in [0.29, 0.717) is 6.61 Å². The van der Waals surface area contributed by atoms with E-state index in [9.17, 15) is 0 Å². The Morgan fingerprint density at radius 3 is 3.10 bits per heavy atom. The smallest absolute Gasteiger partial charge is 0.144 e. The van der Waals surface area contributed by atoms with Gasteiger partial charge in [0.2, 0.25) is 0 Å². The van der Waals surface area contributed by atoms with Gasteiger partial charge in [-0.15, -0.1) is 0 Å². The molecule has 0 saturated carbocycles. The zero-order chi connectivity index (χ0) is 13.9. The van der Waals surface area contributed by atoms with Crippen LogP contribution >= 0.6 is 0 Å². The first-order valence-corrected chi connectivity index (χ1v) is 7.06. The summed E-state index contributed by atoms with van der Waals surface area (Å²) in [4.78, 5) is 6.64. The molecule has 1 aromatic carbocycles. The molecule has 20 heavy (non-hydrogen) atoms. The molecule has 0 atom stereocenters. The normalized spacial score (nSPS) is 14.2. The van der Waals surface area contributed by atoms with Gasteiger partial charge in [-0.05, 0) is 18.6 Å². The number of nitrogens with zero attached hydrogens (tertiary/aromatic N) is 3. The van der Waals surface area contributed by atoms with Crippen molar-refractivity contribution in [2.24, 2.45) is 0 Å². The summed E-state index contributed by atoms with van der Waals surface area (Å²) in [7, 11) is 0. The number of imidazole rings is 1. The predicted octanol–water partition coefficient (Wildman–Crippen LogP) is 2.27. The number of anilines is 2. The lowest BCUT2D eigenvalue weighted by Crippen LogP contribution is -2.34. The third kappa shape index (κ3) is 2.31. The molecule has 2 aromatic rings. The second-order valence-corrected chi connectivity index (χ2v) is 5.00. The molecule has 5 nitrogen and oxygen atoms in total. The van der Waals surface area contributed by atoms with Crippen LogP contribution in [0.3, 0.4) is 0 Å². The summed E-state index contributed by atoms with van der Waals surface area (Å²) in [5, 5.41) is 0. The maximum atomic E-state index is 6.26. The minimum atomic E-state index is 0.693. The molecule has 0 saturated heterocycles. The van der Waals surface area contributed by atoms with E-state index in [-0.39, 0.29) is 0 Å². The first kappa shape index (κ1) is 12.8. The van der Waals surface area contributed by atoms with Gasteiger partial charge in [0.15, 0.2) is 0 Å². The maximum absolute atomic E-state index is 6.26. The highest BCUT2D eigenvalue weighted by Gasteiger charge is 2.19. The van der Waals surface area contributed by atoms with Gasteiger partial charge in [-0.1, -0.05) is 13.0 Å². The number of nitrogen functional groups attached to an aromatic ring is 1. The molecular formula is C15H20N4O. The summed E-state index contributed by atoms with van der Waals surface area (Å²) in [5.41, 5.74) is 8.01. The van der Waals surface area contributed by atoms with E-state index in [1.165, 1.54) is 0 Å². The van der Waals surface area contributed by atoms with E-state index < -0.39 is 0 Å². The van der Waals surface area contributed by atoms with Crippen molar-refractivity contribution in [2.45, 2.75) is 26.4 Å². The molecule has 106 valence electrons. The molecule has 0 amide bonds. The van der Waals surface area contributed by atoms with Crippen molar-refractivity contribution in [3.63, 3.8) is 0 Å². The Labute approximate surface area is 119 Å². The lowest BCUT2D eigenvalue weighted by molar-refractivity contribution is 0.319. The molecule has 1 aliphatic heterocycles. The van der Waals surface area contributed by atoms with Gasteiger partial charge in [-0.2, -0.15) is 0 Å². The summed E-state index contributed by atoms with van der Waals surface area (Å²) in [5.74, 6) is 1.86. The van der Waals surface area contributed by atoms with Crippen molar-refractivity contribution in [2.75, 3.05) is 23.8 Å². The van der Waals surface area contributed by atoms with E-state index in [1.807, 2.05) is 30.6 Å². The summed E-state index contributed by atoms with van der Waals surface area (Å²) in [6.45, 7) is 5.44. The van der Waals surface area contributed by atoms with E-state index in [2.05, 4.69) is 21.4 Å². The highest BCUT2D eigenvalue weighted by atomic mass is 16.5. The number of benzene rings is 1. The highest BCUT2D eigenvalue weighted by Crippen LogP contribution is 2.33. The number of nitrogens with two attached hydrogens (primary N) is 1. The van der Waals surface area contributed by atoms with Crippen LogP contribution < -0.4 is 15.4 Å². The first-order chi connectivity index (χ1) is 9.79. The van der Waals surface area contributed by atoms with Gasteiger partial charge >= 0.3 is 0 Å². The van der Waals surface area contributed by atoms with E-state index >= 15 is 0 Å². The number of rotatable bonds is 4. The third-order valence-corrected chi connectivity index (χ3v) is 3.59. The molecule has 5 heteroatoms. The number of aromatic nitrogens is 2. The molecule has 0 unspecified atom stereocenters. The van der Waals surface area contributed by atoms with Crippen LogP contribution in [0.15, 0.2) is 30.6 Å². The summed E-state index contributed by atoms with van der Waals surface area (Å²) >= 11 is 0. The lowest BCUT2D eigenvalue weighted by atomic mass is 10.2. The fraction of sp³-hybridized carbons (Fsp3) is 0.400. The van der Waals surface area contributed by atoms with Crippen LogP contribution in [-0.4, -0.2) is 22.7 Å². The van der Waals surface area contributed by atoms with Crippen LogP contribution in [0.4, 0.5) is 11.4 Å². The van der Waals surface area contributed by atoms with Gasteiger partial charge in [-0.25, -0.2) is 4.98 Å². The highest BCUT2D eigenvalue weighted by molar-refractivity contribution is 5.74. The SMILES string of the molecule is CCCOc1cccc(N2CCn3ccnc3C2)c1N. The quantitative estimate of drug-likeness (QED) is 0.868. The van der Waals surface area contributed by atoms with Crippen LogP contribution in [0.1, 0.15) is 19.2 Å². The van der Waals surface area contributed by atoms with Crippen LogP contribution in [0, 0.1) is 0 Å². The van der Waals surface area contributed by atoms with Crippen LogP contribution in [-0.2, 0) is 13.1 Å². The Hall–Kier alpha value is -2.17. The van der Waals surface area contributed by atoms with E-state index in [0.717, 1.165) is 49.0 Å². The molecule has 2 N–H and O–H groups in total. The van der Waals surface area contributed by atoms with E-state index in [4.69, 9.17) is 10.5 Å². The molecule has 0 bridgehead atoms. The van der Waals surface area contributed by atoms with Gasteiger partial charge in [0.25, 0.3) is 0 Å². The van der Waals surface area contributed by atoms with Crippen molar-refractivity contribution in [3.8, 4) is 5.75 Å². The Bertz CT molecular complexity index is 593. The molecule has 0 spiro atoms. The number of hydrogen-bond donors (Lipinski definition) is 1. The molecule has 2 heterocycles.